The number of rotatable bonds is 9. The fourth-order valence-electron chi connectivity index (χ4n) is 1.54. The zero-order valence-electron chi connectivity index (χ0n) is 11.3. The van der Waals surface area contributed by atoms with Crippen LogP contribution in [0.15, 0.2) is 18.2 Å². The van der Waals surface area contributed by atoms with Crippen LogP contribution in [0.4, 0.5) is 0 Å². The summed E-state index contributed by atoms with van der Waals surface area (Å²) < 4.78 is 11.3. The Morgan fingerprint density at radius 2 is 1.72 bits per heavy atom. The molecule has 18 heavy (non-hydrogen) atoms. The van der Waals surface area contributed by atoms with Crippen LogP contribution in [0.3, 0.4) is 0 Å². The SMILES string of the molecule is CCCCOc1cccc(C=O)c1OCCCC. The van der Waals surface area contributed by atoms with Crippen molar-refractivity contribution in [1.29, 1.82) is 0 Å². The van der Waals surface area contributed by atoms with Gasteiger partial charge < -0.3 is 9.47 Å². The molecule has 0 aromatic heterocycles. The molecular formula is C15H22O3. The third-order valence-corrected chi connectivity index (χ3v) is 2.64. The van der Waals surface area contributed by atoms with E-state index in [1.807, 2.05) is 12.1 Å². The number of carbonyl (C=O) groups excluding carboxylic acids is 1. The first-order chi connectivity index (χ1) is 8.83. The van der Waals surface area contributed by atoms with Gasteiger partial charge in [0.15, 0.2) is 17.8 Å². The van der Waals surface area contributed by atoms with Crippen LogP contribution in [0.2, 0.25) is 0 Å². The molecule has 3 nitrogen and oxygen atoms in total. The van der Waals surface area contributed by atoms with Gasteiger partial charge in [-0.1, -0.05) is 32.8 Å². The number of hydrogen-bond acceptors (Lipinski definition) is 3. The van der Waals surface area contributed by atoms with E-state index in [-0.39, 0.29) is 0 Å². The van der Waals surface area contributed by atoms with Gasteiger partial charge >= 0.3 is 0 Å². The summed E-state index contributed by atoms with van der Waals surface area (Å²) in [4.78, 5) is 11.0. The third-order valence-electron chi connectivity index (χ3n) is 2.64. The van der Waals surface area contributed by atoms with Crippen molar-refractivity contribution in [3.05, 3.63) is 23.8 Å². The number of hydrogen-bond donors (Lipinski definition) is 0. The molecule has 0 aliphatic heterocycles. The Hall–Kier alpha value is -1.51. The molecule has 0 amide bonds. The molecule has 0 aliphatic carbocycles. The van der Waals surface area contributed by atoms with E-state index in [4.69, 9.17) is 9.47 Å². The normalized spacial score (nSPS) is 10.1. The second kappa shape index (κ2) is 8.56. The quantitative estimate of drug-likeness (QED) is 0.493. The molecular weight excluding hydrogens is 228 g/mol. The topological polar surface area (TPSA) is 35.5 Å². The van der Waals surface area contributed by atoms with Gasteiger partial charge in [-0.15, -0.1) is 0 Å². The van der Waals surface area contributed by atoms with E-state index in [0.29, 0.717) is 30.3 Å². The summed E-state index contributed by atoms with van der Waals surface area (Å²) in [5.74, 6) is 1.25. The van der Waals surface area contributed by atoms with Gasteiger partial charge in [0, 0.05) is 0 Å². The summed E-state index contributed by atoms with van der Waals surface area (Å²) in [5.41, 5.74) is 0.556. The fraction of sp³-hybridized carbons (Fsp3) is 0.533. The van der Waals surface area contributed by atoms with Gasteiger partial charge in [0.05, 0.1) is 18.8 Å². The Morgan fingerprint density at radius 1 is 1.06 bits per heavy atom. The van der Waals surface area contributed by atoms with Crippen molar-refractivity contribution in [3.63, 3.8) is 0 Å². The molecule has 0 aliphatic rings. The third kappa shape index (κ3) is 4.40. The Balaban J connectivity index is 2.75. The van der Waals surface area contributed by atoms with Gasteiger partial charge in [-0.2, -0.15) is 0 Å². The highest BCUT2D eigenvalue weighted by molar-refractivity contribution is 5.81. The summed E-state index contributed by atoms with van der Waals surface area (Å²) in [6, 6.07) is 5.42. The first-order valence-corrected chi connectivity index (χ1v) is 6.67. The molecule has 0 spiro atoms. The van der Waals surface area contributed by atoms with Gasteiger partial charge in [-0.3, -0.25) is 4.79 Å². The van der Waals surface area contributed by atoms with Crippen molar-refractivity contribution < 1.29 is 14.3 Å². The van der Waals surface area contributed by atoms with Crippen LogP contribution >= 0.6 is 0 Å². The minimum absolute atomic E-state index is 0.556. The number of para-hydroxylation sites is 1. The van der Waals surface area contributed by atoms with E-state index >= 15 is 0 Å². The molecule has 0 saturated carbocycles. The summed E-state index contributed by atoms with van der Waals surface area (Å²) in [6.07, 6.45) is 4.93. The van der Waals surface area contributed by atoms with Crippen LogP contribution in [0, 0.1) is 0 Å². The molecule has 0 saturated heterocycles. The van der Waals surface area contributed by atoms with E-state index < -0.39 is 0 Å². The molecule has 1 aromatic carbocycles. The lowest BCUT2D eigenvalue weighted by Gasteiger charge is -2.14. The maximum absolute atomic E-state index is 11.0. The van der Waals surface area contributed by atoms with Crippen molar-refractivity contribution >= 4 is 6.29 Å². The monoisotopic (exact) mass is 250 g/mol. The molecule has 0 fully saturated rings. The summed E-state index contributed by atoms with van der Waals surface area (Å²) in [6.45, 7) is 5.49. The van der Waals surface area contributed by atoms with Crippen molar-refractivity contribution in [1.82, 2.24) is 0 Å². The Labute approximate surface area is 109 Å². The Bertz CT molecular complexity index is 361. The van der Waals surface area contributed by atoms with Gasteiger partial charge in [0.1, 0.15) is 0 Å². The highest BCUT2D eigenvalue weighted by Gasteiger charge is 2.10. The molecule has 1 aromatic rings. The minimum atomic E-state index is 0.556. The zero-order chi connectivity index (χ0) is 13.2. The molecule has 100 valence electrons. The molecule has 0 bridgehead atoms. The number of unbranched alkanes of at least 4 members (excludes halogenated alkanes) is 2. The molecule has 0 heterocycles. The summed E-state index contributed by atoms with van der Waals surface area (Å²) in [7, 11) is 0. The predicted molar refractivity (Wildman–Crippen MR) is 72.6 cm³/mol. The van der Waals surface area contributed by atoms with Crippen molar-refractivity contribution in [3.8, 4) is 11.5 Å². The lowest BCUT2D eigenvalue weighted by atomic mass is 10.2. The molecule has 0 radical (unpaired) electrons. The van der Waals surface area contributed by atoms with E-state index in [1.165, 1.54) is 0 Å². The number of aldehydes is 1. The van der Waals surface area contributed by atoms with Crippen LogP contribution in [0.25, 0.3) is 0 Å². The lowest BCUT2D eigenvalue weighted by molar-refractivity contribution is 0.111. The van der Waals surface area contributed by atoms with Gasteiger partial charge in [-0.05, 0) is 25.0 Å². The van der Waals surface area contributed by atoms with Crippen LogP contribution in [0.5, 0.6) is 11.5 Å². The van der Waals surface area contributed by atoms with E-state index in [0.717, 1.165) is 32.0 Å². The first kappa shape index (κ1) is 14.6. The fourth-order valence-corrected chi connectivity index (χ4v) is 1.54. The smallest absolute Gasteiger partial charge is 0.171 e. The van der Waals surface area contributed by atoms with Crippen LogP contribution in [-0.2, 0) is 0 Å². The molecule has 3 heteroatoms. The van der Waals surface area contributed by atoms with E-state index in [1.54, 1.807) is 6.07 Å². The molecule has 1 rings (SSSR count). The summed E-state index contributed by atoms with van der Waals surface area (Å²) >= 11 is 0. The maximum Gasteiger partial charge on any atom is 0.171 e. The number of ether oxygens (including phenoxy) is 2. The number of benzene rings is 1. The Kier molecular flexibility index (Phi) is 6.92. The van der Waals surface area contributed by atoms with Crippen molar-refractivity contribution in [2.75, 3.05) is 13.2 Å². The lowest BCUT2D eigenvalue weighted by Crippen LogP contribution is -2.04. The molecule has 0 unspecified atom stereocenters. The van der Waals surface area contributed by atoms with Crippen molar-refractivity contribution in [2.24, 2.45) is 0 Å². The van der Waals surface area contributed by atoms with Crippen molar-refractivity contribution in [2.45, 2.75) is 39.5 Å². The average molecular weight is 250 g/mol. The van der Waals surface area contributed by atoms with Crippen LogP contribution in [-0.4, -0.2) is 19.5 Å². The van der Waals surface area contributed by atoms with Crippen LogP contribution < -0.4 is 9.47 Å². The molecule has 0 N–H and O–H groups in total. The predicted octanol–water partition coefficient (Wildman–Crippen LogP) is 3.86. The highest BCUT2D eigenvalue weighted by atomic mass is 16.5. The Morgan fingerprint density at radius 3 is 2.33 bits per heavy atom. The first-order valence-electron chi connectivity index (χ1n) is 6.67. The minimum Gasteiger partial charge on any atom is -0.490 e. The largest absolute Gasteiger partial charge is 0.490 e. The summed E-state index contributed by atoms with van der Waals surface area (Å²) in [5, 5.41) is 0. The number of carbonyl (C=O) groups is 1. The second-order valence-electron chi connectivity index (χ2n) is 4.20. The standard InChI is InChI=1S/C15H22O3/c1-3-5-10-17-14-9-7-8-13(12-16)15(14)18-11-6-4-2/h7-9,12H,3-6,10-11H2,1-2H3. The average Bonchev–Trinajstić information content (AvgIpc) is 2.40. The van der Waals surface area contributed by atoms with Gasteiger partial charge in [0.2, 0.25) is 0 Å². The van der Waals surface area contributed by atoms with Crippen LogP contribution in [0.1, 0.15) is 49.9 Å². The van der Waals surface area contributed by atoms with E-state index in [9.17, 15) is 4.79 Å². The zero-order valence-corrected chi connectivity index (χ0v) is 11.3. The maximum atomic E-state index is 11.0. The van der Waals surface area contributed by atoms with E-state index in [2.05, 4.69) is 13.8 Å². The second-order valence-corrected chi connectivity index (χ2v) is 4.20. The van der Waals surface area contributed by atoms with Gasteiger partial charge in [0.25, 0.3) is 0 Å². The highest BCUT2D eigenvalue weighted by Crippen LogP contribution is 2.30. The molecule has 0 atom stereocenters. The van der Waals surface area contributed by atoms with Gasteiger partial charge in [-0.25, -0.2) is 0 Å².